The Morgan fingerprint density at radius 2 is 2.07 bits per heavy atom. The number of nitrogens with zero attached hydrogens (tertiary/aromatic N) is 4. The second kappa shape index (κ2) is 9.53. The number of hydrogen-bond acceptors (Lipinski definition) is 7. The number of nitrogens with two attached hydrogens (primary N) is 1. The van der Waals surface area contributed by atoms with E-state index in [1.165, 1.54) is 23.5 Å². The van der Waals surface area contributed by atoms with Crippen LogP contribution in [0.4, 0.5) is 15.8 Å². The van der Waals surface area contributed by atoms with Crippen molar-refractivity contribution in [1.82, 2.24) is 14.9 Å². The molecule has 2 N–H and O–H groups in total. The summed E-state index contributed by atoms with van der Waals surface area (Å²) in [6, 6.07) is 8.01. The van der Waals surface area contributed by atoms with Crippen LogP contribution in [0.1, 0.15) is 6.42 Å². The molecule has 9 heteroatoms. The number of rotatable bonds is 7. The number of hydrogen-bond donors (Lipinski definition) is 1. The molecule has 0 radical (unpaired) electrons. The molecule has 2 heterocycles. The normalized spacial score (nSPS) is 14.8. The van der Waals surface area contributed by atoms with Crippen molar-refractivity contribution in [2.45, 2.75) is 6.42 Å². The van der Waals surface area contributed by atoms with Gasteiger partial charge < -0.3 is 9.47 Å². The van der Waals surface area contributed by atoms with Gasteiger partial charge in [0.05, 0.1) is 36.0 Å². The van der Waals surface area contributed by atoms with Crippen LogP contribution < -0.4 is 15.6 Å². The maximum absolute atomic E-state index is 13.6. The molecule has 0 amide bonds. The molecule has 158 valence electrons. The molecule has 0 spiro atoms. The lowest BCUT2D eigenvalue weighted by Gasteiger charge is -2.26. The molecule has 1 aliphatic rings. The molecule has 1 saturated heterocycles. The maximum Gasteiger partial charge on any atom is 0.146 e. The van der Waals surface area contributed by atoms with E-state index in [9.17, 15) is 4.39 Å². The largest absolute Gasteiger partial charge is 0.491 e. The van der Waals surface area contributed by atoms with Crippen molar-refractivity contribution in [1.29, 1.82) is 0 Å². The van der Waals surface area contributed by atoms with Crippen LogP contribution in [-0.2, 0) is 4.74 Å². The number of morpholine rings is 1. The SMILES string of the molecule is NN(c1ccc(F)c(Cl)c1)c1cc2cncnc2cc1OCCCN1CCOCC1. The first-order valence-electron chi connectivity index (χ1n) is 9.78. The monoisotopic (exact) mass is 431 g/mol. The van der Waals surface area contributed by atoms with E-state index < -0.39 is 5.82 Å². The van der Waals surface area contributed by atoms with Gasteiger partial charge in [-0.2, -0.15) is 0 Å². The molecule has 2 aromatic carbocycles. The summed E-state index contributed by atoms with van der Waals surface area (Å²) < 4.78 is 25.0. The summed E-state index contributed by atoms with van der Waals surface area (Å²) in [6.07, 6.45) is 4.07. The van der Waals surface area contributed by atoms with Gasteiger partial charge in [0.2, 0.25) is 0 Å². The first-order chi connectivity index (χ1) is 14.6. The van der Waals surface area contributed by atoms with E-state index in [2.05, 4.69) is 14.9 Å². The number of ether oxygens (including phenoxy) is 2. The Kier molecular flexibility index (Phi) is 6.59. The Morgan fingerprint density at radius 1 is 1.23 bits per heavy atom. The lowest BCUT2D eigenvalue weighted by Crippen LogP contribution is -2.37. The molecule has 0 atom stereocenters. The van der Waals surface area contributed by atoms with E-state index in [-0.39, 0.29) is 5.02 Å². The molecule has 0 saturated carbocycles. The third-order valence-electron chi connectivity index (χ3n) is 5.01. The smallest absolute Gasteiger partial charge is 0.146 e. The van der Waals surface area contributed by atoms with Crippen LogP contribution in [0, 0.1) is 5.82 Å². The van der Waals surface area contributed by atoms with Crippen LogP contribution in [0.3, 0.4) is 0 Å². The predicted molar refractivity (Wildman–Crippen MR) is 115 cm³/mol. The van der Waals surface area contributed by atoms with Crippen molar-refractivity contribution in [3.8, 4) is 5.75 Å². The average molecular weight is 432 g/mol. The Hall–Kier alpha value is -2.52. The first-order valence-corrected chi connectivity index (χ1v) is 10.2. The topological polar surface area (TPSA) is 76.7 Å². The third kappa shape index (κ3) is 4.79. The molecule has 3 aromatic rings. The van der Waals surface area contributed by atoms with Gasteiger partial charge in [-0.3, -0.25) is 9.91 Å². The summed E-state index contributed by atoms with van der Waals surface area (Å²) in [5.74, 6) is 6.45. The minimum atomic E-state index is -0.500. The number of aromatic nitrogens is 2. The van der Waals surface area contributed by atoms with Gasteiger partial charge in [0.1, 0.15) is 23.6 Å². The minimum absolute atomic E-state index is 0.0000481. The molecule has 1 aromatic heterocycles. The zero-order valence-electron chi connectivity index (χ0n) is 16.4. The Balaban J connectivity index is 1.54. The third-order valence-corrected chi connectivity index (χ3v) is 5.30. The summed E-state index contributed by atoms with van der Waals surface area (Å²) >= 11 is 5.93. The molecule has 0 unspecified atom stereocenters. The van der Waals surface area contributed by atoms with E-state index in [1.807, 2.05) is 12.1 Å². The standard InChI is InChI=1S/C21H23ClFN5O2/c22-17-11-16(2-3-18(17)23)28(24)20-10-15-13-25-14-26-19(15)12-21(20)30-7-1-4-27-5-8-29-9-6-27/h2-3,10-14H,1,4-9,24H2. The van der Waals surface area contributed by atoms with Gasteiger partial charge in [0.25, 0.3) is 0 Å². The van der Waals surface area contributed by atoms with Gasteiger partial charge in [-0.25, -0.2) is 20.2 Å². The number of anilines is 2. The lowest BCUT2D eigenvalue weighted by molar-refractivity contribution is 0.0358. The van der Waals surface area contributed by atoms with Crippen LogP contribution >= 0.6 is 11.6 Å². The highest BCUT2D eigenvalue weighted by Crippen LogP contribution is 2.36. The Labute approximate surface area is 179 Å². The average Bonchev–Trinajstić information content (AvgIpc) is 2.78. The van der Waals surface area contributed by atoms with Crippen LogP contribution in [0.25, 0.3) is 10.9 Å². The molecule has 1 aliphatic heterocycles. The number of fused-ring (bicyclic) bond motifs is 1. The highest BCUT2D eigenvalue weighted by molar-refractivity contribution is 6.31. The fourth-order valence-electron chi connectivity index (χ4n) is 3.37. The van der Waals surface area contributed by atoms with Crippen LogP contribution in [-0.4, -0.2) is 54.3 Å². The van der Waals surface area contributed by atoms with Crippen LogP contribution in [0.5, 0.6) is 5.75 Å². The van der Waals surface area contributed by atoms with Gasteiger partial charge in [-0.1, -0.05) is 11.6 Å². The van der Waals surface area contributed by atoms with E-state index in [0.717, 1.165) is 50.2 Å². The minimum Gasteiger partial charge on any atom is -0.491 e. The van der Waals surface area contributed by atoms with Crippen molar-refractivity contribution in [3.05, 3.63) is 53.7 Å². The van der Waals surface area contributed by atoms with Gasteiger partial charge in [0.15, 0.2) is 0 Å². The van der Waals surface area contributed by atoms with Crippen molar-refractivity contribution in [3.63, 3.8) is 0 Å². The zero-order chi connectivity index (χ0) is 20.9. The second-order valence-corrected chi connectivity index (χ2v) is 7.43. The van der Waals surface area contributed by atoms with E-state index in [4.69, 9.17) is 26.9 Å². The quantitative estimate of drug-likeness (QED) is 0.348. The molecule has 0 bridgehead atoms. The first kappa shape index (κ1) is 20.7. The number of benzene rings is 2. The predicted octanol–water partition coefficient (Wildman–Crippen LogP) is 3.54. The van der Waals surface area contributed by atoms with Gasteiger partial charge in [-0.15, -0.1) is 0 Å². The van der Waals surface area contributed by atoms with E-state index in [1.54, 1.807) is 12.3 Å². The second-order valence-electron chi connectivity index (χ2n) is 7.03. The fourth-order valence-corrected chi connectivity index (χ4v) is 3.55. The van der Waals surface area contributed by atoms with Crippen molar-refractivity contribution < 1.29 is 13.9 Å². The maximum atomic E-state index is 13.6. The Morgan fingerprint density at radius 3 is 2.87 bits per heavy atom. The molecule has 4 rings (SSSR count). The van der Waals surface area contributed by atoms with Gasteiger partial charge in [-0.05, 0) is 30.7 Å². The van der Waals surface area contributed by atoms with E-state index in [0.29, 0.717) is 23.7 Å². The van der Waals surface area contributed by atoms with Gasteiger partial charge in [0, 0.05) is 37.3 Å². The number of halogens is 2. The molecular formula is C21H23ClFN5O2. The fraction of sp³-hybridized carbons (Fsp3) is 0.333. The van der Waals surface area contributed by atoms with Crippen LogP contribution in [0.2, 0.25) is 5.02 Å². The number of hydrazine groups is 1. The molecular weight excluding hydrogens is 409 g/mol. The van der Waals surface area contributed by atoms with Crippen molar-refractivity contribution >= 4 is 33.9 Å². The Bertz CT molecular complexity index is 1020. The summed E-state index contributed by atoms with van der Waals surface area (Å²) in [5.41, 5.74) is 1.91. The van der Waals surface area contributed by atoms with Crippen molar-refractivity contribution in [2.24, 2.45) is 5.84 Å². The highest BCUT2D eigenvalue weighted by Gasteiger charge is 2.16. The van der Waals surface area contributed by atoms with Crippen molar-refractivity contribution in [2.75, 3.05) is 44.5 Å². The molecule has 1 fully saturated rings. The zero-order valence-corrected chi connectivity index (χ0v) is 17.2. The summed E-state index contributed by atoms with van der Waals surface area (Å²) in [6.45, 7) is 4.91. The molecule has 7 nitrogen and oxygen atoms in total. The summed E-state index contributed by atoms with van der Waals surface area (Å²) in [5, 5.41) is 2.24. The molecule has 0 aliphatic carbocycles. The van der Waals surface area contributed by atoms with Crippen LogP contribution in [0.15, 0.2) is 42.9 Å². The van der Waals surface area contributed by atoms with Gasteiger partial charge >= 0.3 is 0 Å². The lowest BCUT2D eigenvalue weighted by atomic mass is 10.2. The molecule has 30 heavy (non-hydrogen) atoms. The summed E-state index contributed by atoms with van der Waals surface area (Å²) in [4.78, 5) is 10.7. The van der Waals surface area contributed by atoms with E-state index >= 15 is 0 Å². The highest BCUT2D eigenvalue weighted by atomic mass is 35.5. The summed E-state index contributed by atoms with van der Waals surface area (Å²) in [7, 11) is 0.